The van der Waals surface area contributed by atoms with Crippen molar-refractivity contribution in [3.05, 3.63) is 29.2 Å². The summed E-state index contributed by atoms with van der Waals surface area (Å²) in [4.78, 5) is 17.2. The van der Waals surface area contributed by atoms with Crippen LogP contribution in [0.5, 0.6) is 5.75 Å². The van der Waals surface area contributed by atoms with Crippen molar-refractivity contribution in [2.24, 2.45) is 5.92 Å². The Kier molecular flexibility index (Phi) is 9.94. The molecule has 218 valence electrons. The number of aryl methyl sites for hydroxylation is 2. The lowest BCUT2D eigenvalue weighted by molar-refractivity contribution is -0.135. The van der Waals surface area contributed by atoms with Crippen LogP contribution in [0.1, 0.15) is 67.2 Å². The monoisotopic (exact) mass is 580 g/mol. The van der Waals surface area contributed by atoms with E-state index in [1.54, 1.807) is 13.8 Å². The molecule has 0 atom stereocenters. The zero-order valence-electron chi connectivity index (χ0n) is 22.0. The average molecular weight is 581 g/mol. The number of amides is 1. The SMILES string of the molecule is CCn1nc(C(=O)NC[C@H]2CC[C@@H](S(C)(=O)=O)CC2)c(C)c1-c1cnc(CCCC(F)(F)F)cc1OC(F)F. The zero-order valence-corrected chi connectivity index (χ0v) is 22.8. The van der Waals surface area contributed by atoms with Gasteiger partial charge in [0, 0.05) is 49.3 Å². The van der Waals surface area contributed by atoms with Gasteiger partial charge in [0.05, 0.1) is 16.5 Å². The van der Waals surface area contributed by atoms with Crippen molar-refractivity contribution in [3.63, 3.8) is 0 Å². The second-order valence-electron chi connectivity index (χ2n) is 9.84. The Morgan fingerprint density at radius 2 is 1.90 bits per heavy atom. The van der Waals surface area contributed by atoms with Crippen LogP contribution in [0.4, 0.5) is 22.0 Å². The highest BCUT2D eigenvalue weighted by atomic mass is 32.2. The third-order valence-electron chi connectivity index (χ3n) is 6.94. The van der Waals surface area contributed by atoms with Gasteiger partial charge in [0.1, 0.15) is 15.6 Å². The highest BCUT2D eigenvalue weighted by molar-refractivity contribution is 7.91. The van der Waals surface area contributed by atoms with Crippen LogP contribution >= 0.6 is 0 Å². The fraction of sp³-hybridized carbons (Fsp3) is 0.640. The predicted octanol–water partition coefficient (Wildman–Crippen LogP) is 5.09. The molecule has 3 rings (SSSR count). The lowest BCUT2D eigenvalue weighted by atomic mass is 9.89. The molecule has 0 radical (unpaired) electrons. The summed E-state index contributed by atoms with van der Waals surface area (Å²) in [6.45, 7) is 0.819. The fourth-order valence-corrected chi connectivity index (χ4v) is 6.01. The highest BCUT2D eigenvalue weighted by Gasteiger charge is 2.30. The zero-order chi connectivity index (χ0) is 29.0. The second-order valence-corrected chi connectivity index (χ2v) is 12.2. The van der Waals surface area contributed by atoms with E-state index in [4.69, 9.17) is 4.74 Å². The van der Waals surface area contributed by atoms with Gasteiger partial charge < -0.3 is 10.1 Å². The van der Waals surface area contributed by atoms with E-state index in [-0.39, 0.29) is 46.7 Å². The normalized spacial score (nSPS) is 18.4. The van der Waals surface area contributed by atoms with Crippen LogP contribution in [0.3, 0.4) is 0 Å². The molecule has 1 saturated carbocycles. The molecule has 0 saturated heterocycles. The first-order valence-electron chi connectivity index (χ1n) is 12.7. The van der Waals surface area contributed by atoms with Gasteiger partial charge in [-0.2, -0.15) is 27.1 Å². The summed E-state index contributed by atoms with van der Waals surface area (Å²) in [5, 5.41) is 6.85. The molecule has 8 nitrogen and oxygen atoms in total. The van der Waals surface area contributed by atoms with Gasteiger partial charge in [0.25, 0.3) is 5.91 Å². The Bertz CT molecular complexity index is 1260. The first-order chi connectivity index (χ1) is 18.2. The topological polar surface area (TPSA) is 103 Å². The number of nitrogens with zero attached hydrogens (tertiary/aromatic N) is 3. The van der Waals surface area contributed by atoms with E-state index in [0.29, 0.717) is 50.0 Å². The van der Waals surface area contributed by atoms with E-state index in [1.165, 1.54) is 23.2 Å². The number of hydrogen-bond acceptors (Lipinski definition) is 6. The number of rotatable bonds is 11. The van der Waals surface area contributed by atoms with Gasteiger partial charge in [-0.1, -0.05) is 0 Å². The molecule has 39 heavy (non-hydrogen) atoms. The minimum atomic E-state index is -4.33. The Morgan fingerprint density at radius 3 is 2.46 bits per heavy atom. The number of hydrogen-bond donors (Lipinski definition) is 1. The number of carbonyl (C=O) groups excluding carboxylic acids is 1. The number of aromatic nitrogens is 3. The van der Waals surface area contributed by atoms with E-state index >= 15 is 0 Å². The molecule has 1 amide bonds. The Balaban J connectivity index is 1.79. The van der Waals surface area contributed by atoms with E-state index in [9.17, 15) is 35.2 Å². The van der Waals surface area contributed by atoms with Crippen LogP contribution in [0.25, 0.3) is 11.3 Å². The lowest BCUT2D eigenvalue weighted by Gasteiger charge is -2.27. The van der Waals surface area contributed by atoms with Crippen LogP contribution in [0, 0.1) is 12.8 Å². The van der Waals surface area contributed by atoms with Crippen molar-refractivity contribution < 1.29 is 39.9 Å². The molecule has 1 fully saturated rings. The summed E-state index contributed by atoms with van der Waals surface area (Å²) in [6.07, 6.45) is -0.792. The maximum Gasteiger partial charge on any atom is 0.389 e. The summed E-state index contributed by atoms with van der Waals surface area (Å²) in [5.74, 6) is -0.603. The maximum atomic E-state index is 13.2. The van der Waals surface area contributed by atoms with Crippen molar-refractivity contribution in [1.82, 2.24) is 20.1 Å². The second kappa shape index (κ2) is 12.6. The van der Waals surface area contributed by atoms with Crippen LogP contribution in [-0.2, 0) is 22.8 Å². The summed E-state index contributed by atoms with van der Waals surface area (Å²) in [7, 11) is -3.09. The van der Waals surface area contributed by atoms with Crippen molar-refractivity contribution in [2.75, 3.05) is 12.8 Å². The summed E-state index contributed by atoms with van der Waals surface area (Å²) in [6, 6.07) is 1.19. The molecule has 2 aromatic rings. The molecule has 1 aliphatic carbocycles. The number of nitrogens with one attached hydrogen (secondary N) is 1. The van der Waals surface area contributed by atoms with Crippen LogP contribution < -0.4 is 10.1 Å². The van der Waals surface area contributed by atoms with Gasteiger partial charge in [0.15, 0.2) is 5.69 Å². The molecule has 0 spiro atoms. The van der Waals surface area contributed by atoms with E-state index < -0.39 is 35.0 Å². The molecular weight excluding hydrogens is 547 g/mol. The van der Waals surface area contributed by atoms with Crippen LogP contribution in [0.2, 0.25) is 0 Å². The van der Waals surface area contributed by atoms with Gasteiger partial charge in [-0.05, 0) is 58.3 Å². The smallest absolute Gasteiger partial charge is 0.389 e. The molecule has 0 unspecified atom stereocenters. The van der Waals surface area contributed by atoms with Crippen molar-refractivity contribution in [3.8, 4) is 17.0 Å². The number of carbonyl (C=O) groups is 1. The van der Waals surface area contributed by atoms with Gasteiger partial charge in [-0.3, -0.25) is 14.5 Å². The molecular formula is C25H33F5N4O4S. The Hall–Kier alpha value is -2.77. The molecule has 1 N–H and O–H groups in total. The first kappa shape index (κ1) is 30.8. The number of ether oxygens (including phenoxy) is 1. The molecule has 2 aromatic heterocycles. The number of halogens is 5. The Morgan fingerprint density at radius 1 is 1.23 bits per heavy atom. The number of sulfone groups is 1. The molecule has 0 bridgehead atoms. The quantitative estimate of drug-likeness (QED) is 0.372. The van der Waals surface area contributed by atoms with E-state index in [0.717, 1.165) is 0 Å². The van der Waals surface area contributed by atoms with Crippen molar-refractivity contribution in [1.29, 1.82) is 0 Å². The van der Waals surface area contributed by atoms with Gasteiger partial charge in [-0.15, -0.1) is 0 Å². The van der Waals surface area contributed by atoms with Gasteiger partial charge in [0.2, 0.25) is 0 Å². The third-order valence-corrected chi connectivity index (χ3v) is 8.62. The number of pyridine rings is 1. The van der Waals surface area contributed by atoms with E-state index in [1.807, 2.05) is 0 Å². The van der Waals surface area contributed by atoms with Gasteiger partial charge in [-0.25, -0.2) is 8.42 Å². The predicted molar refractivity (Wildman–Crippen MR) is 134 cm³/mol. The minimum absolute atomic E-state index is 0.0782. The van der Waals surface area contributed by atoms with Crippen LogP contribution in [-0.4, -0.2) is 59.9 Å². The standard InChI is InChI=1S/C25H33F5N4O4S/c1-4-34-22(19-14-31-17(6-5-11-25(28,29)30)12-20(19)38-24(26)27)15(2)21(33-34)23(35)32-13-16-7-9-18(10-8-16)39(3,36)37/h12,14,16,18,24H,4-11,13H2,1-3H3,(H,32,35)/t16-,18+. The molecule has 0 aliphatic heterocycles. The summed E-state index contributed by atoms with van der Waals surface area (Å²) >= 11 is 0. The lowest BCUT2D eigenvalue weighted by Crippen LogP contribution is -2.34. The summed E-state index contributed by atoms with van der Waals surface area (Å²) < 4.78 is 93.6. The molecule has 0 aromatic carbocycles. The minimum Gasteiger partial charge on any atom is -0.434 e. The van der Waals surface area contributed by atoms with E-state index in [2.05, 4.69) is 15.4 Å². The van der Waals surface area contributed by atoms with Crippen molar-refractivity contribution in [2.45, 2.75) is 83.4 Å². The fourth-order valence-electron chi connectivity index (χ4n) is 4.88. The van der Waals surface area contributed by atoms with Gasteiger partial charge >= 0.3 is 12.8 Å². The first-order valence-corrected chi connectivity index (χ1v) is 14.7. The van der Waals surface area contributed by atoms with Crippen LogP contribution in [0.15, 0.2) is 12.3 Å². The average Bonchev–Trinajstić information content (AvgIpc) is 3.17. The maximum absolute atomic E-state index is 13.2. The largest absolute Gasteiger partial charge is 0.434 e. The highest BCUT2D eigenvalue weighted by Crippen LogP contribution is 2.35. The summed E-state index contributed by atoms with van der Waals surface area (Å²) in [5.41, 5.74) is 1.14. The molecule has 1 aliphatic rings. The number of alkyl halides is 5. The third kappa shape index (κ3) is 8.36. The molecule has 2 heterocycles. The Labute approximate surface area is 224 Å². The van der Waals surface area contributed by atoms with Crippen molar-refractivity contribution >= 4 is 15.7 Å². The molecule has 14 heteroatoms.